The molecule has 0 saturated carbocycles. The molecule has 0 N–H and O–H groups in total. The number of benzene rings is 2. The maximum atomic E-state index is 12.8. The Morgan fingerprint density at radius 1 is 1.06 bits per heavy atom. The van der Waals surface area contributed by atoms with Crippen molar-refractivity contribution >= 4 is 38.5 Å². The van der Waals surface area contributed by atoms with Crippen molar-refractivity contribution in [2.75, 3.05) is 0 Å². The topological polar surface area (TPSA) is 0 Å². The Balaban J connectivity index is 2.14. The molecule has 2 rings (SSSR count). The normalized spacial score (nSPS) is 12.4. The van der Waals surface area contributed by atoms with Crippen molar-refractivity contribution in [3.63, 3.8) is 0 Å². The first kappa shape index (κ1) is 13.0. The molecule has 0 bridgehead atoms. The second kappa shape index (κ2) is 5.96. The van der Waals surface area contributed by atoms with Crippen molar-refractivity contribution < 1.29 is 4.39 Å². The Hall–Kier alpha value is -0.420. The van der Waals surface area contributed by atoms with Gasteiger partial charge in [-0.1, -0.05) is 46.3 Å². The summed E-state index contributed by atoms with van der Waals surface area (Å²) >= 11 is 6.03. The van der Waals surface area contributed by atoms with E-state index >= 15 is 0 Å². The van der Waals surface area contributed by atoms with Gasteiger partial charge in [-0.25, -0.2) is 4.39 Å². The minimum Gasteiger partial charge on any atom is -0.207 e. The third-order valence-electron chi connectivity index (χ3n) is 2.57. The van der Waals surface area contributed by atoms with E-state index in [4.69, 9.17) is 0 Å². The van der Waals surface area contributed by atoms with Crippen LogP contribution in [0.25, 0.3) is 0 Å². The van der Waals surface area contributed by atoms with Crippen LogP contribution in [0.4, 0.5) is 4.39 Å². The second-order valence-electron chi connectivity index (χ2n) is 3.82. The van der Waals surface area contributed by atoms with Crippen molar-refractivity contribution in [2.24, 2.45) is 0 Å². The fraction of sp³-hybridized carbons (Fsp3) is 0.143. The van der Waals surface area contributed by atoms with Crippen LogP contribution in [0.3, 0.4) is 0 Å². The van der Waals surface area contributed by atoms with E-state index in [9.17, 15) is 4.39 Å². The SMILES string of the molecule is Fc1ccc(CC(Br)c2ccccc2I)cc1. The molecule has 2 aromatic carbocycles. The lowest BCUT2D eigenvalue weighted by atomic mass is 10.0. The van der Waals surface area contributed by atoms with E-state index < -0.39 is 0 Å². The molecule has 0 aromatic heterocycles. The van der Waals surface area contributed by atoms with Crippen molar-refractivity contribution in [3.8, 4) is 0 Å². The van der Waals surface area contributed by atoms with Crippen molar-refractivity contribution in [2.45, 2.75) is 11.2 Å². The van der Waals surface area contributed by atoms with Crippen LogP contribution >= 0.6 is 38.5 Å². The zero-order valence-electron chi connectivity index (χ0n) is 9.04. The standard InChI is InChI=1S/C14H11BrFI/c15-13(12-3-1-2-4-14(12)17)9-10-5-7-11(16)8-6-10/h1-8,13H,9H2. The van der Waals surface area contributed by atoms with Gasteiger partial charge in [0.15, 0.2) is 0 Å². The Bertz CT molecular complexity index is 496. The highest BCUT2D eigenvalue weighted by molar-refractivity contribution is 14.1. The molecule has 1 atom stereocenters. The lowest BCUT2D eigenvalue weighted by Gasteiger charge is -2.12. The average molecular weight is 405 g/mol. The summed E-state index contributed by atoms with van der Waals surface area (Å²) in [7, 11) is 0. The first-order valence-corrected chi connectivity index (χ1v) is 7.29. The highest BCUT2D eigenvalue weighted by Gasteiger charge is 2.11. The Kier molecular flexibility index (Phi) is 4.56. The monoisotopic (exact) mass is 404 g/mol. The third kappa shape index (κ3) is 3.52. The molecule has 17 heavy (non-hydrogen) atoms. The van der Waals surface area contributed by atoms with E-state index in [1.807, 2.05) is 24.3 Å². The van der Waals surface area contributed by atoms with Crippen molar-refractivity contribution in [1.29, 1.82) is 0 Å². The van der Waals surface area contributed by atoms with E-state index in [1.165, 1.54) is 21.3 Å². The molecule has 0 aliphatic carbocycles. The smallest absolute Gasteiger partial charge is 0.123 e. The van der Waals surface area contributed by atoms with Crippen LogP contribution in [0, 0.1) is 9.39 Å². The highest BCUT2D eigenvalue weighted by Crippen LogP contribution is 2.30. The summed E-state index contributed by atoms with van der Waals surface area (Å²) in [4.78, 5) is 0.265. The second-order valence-corrected chi connectivity index (χ2v) is 6.09. The van der Waals surface area contributed by atoms with Gasteiger partial charge >= 0.3 is 0 Å². The maximum Gasteiger partial charge on any atom is 0.123 e. The summed E-state index contributed by atoms with van der Waals surface area (Å²) in [5.74, 6) is -0.186. The molecule has 2 aromatic rings. The van der Waals surface area contributed by atoms with E-state index in [2.05, 4.69) is 50.7 Å². The van der Waals surface area contributed by atoms with Gasteiger partial charge in [0.1, 0.15) is 5.82 Å². The molecule has 0 spiro atoms. The molecule has 0 aliphatic heterocycles. The molecular weight excluding hydrogens is 394 g/mol. The van der Waals surface area contributed by atoms with Gasteiger partial charge in [0.05, 0.1) is 0 Å². The van der Waals surface area contributed by atoms with Crippen LogP contribution in [-0.4, -0.2) is 0 Å². The number of rotatable bonds is 3. The quantitative estimate of drug-likeness (QED) is 0.492. The minimum atomic E-state index is -0.186. The zero-order valence-corrected chi connectivity index (χ0v) is 12.8. The van der Waals surface area contributed by atoms with Gasteiger partial charge in [-0.15, -0.1) is 0 Å². The highest BCUT2D eigenvalue weighted by atomic mass is 127. The number of halogens is 3. The van der Waals surface area contributed by atoms with Crippen LogP contribution in [0.15, 0.2) is 48.5 Å². The minimum absolute atomic E-state index is 0.186. The Morgan fingerprint density at radius 3 is 2.35 bits per heavy atom. The van der Waals surface area contributed by atoms with Crippen molar-refractivity contribution in [1.82, 2.24) is 0 Å². The molecular formula is C14H11BrFI. The molecule has 0 aliphatic rings. The molecule has 0 saturated heterocycles. The Morgan fingerprint density at radius 2 is 1.71 bits per heavy atom. The number of hydrogen-bond donors (Lipinski definition) is 0. The fourth-order valence-corrected chi connectivity index (χ4v) is 3.63. The first-order valence-electron chi connectivity index (χ1n) is 5.30. The number of hydrogen-bond acceptors (Lipinski definition) is 0. The van der Waals surface area contributed by atoms with Gasteiger partial charge in [0.2, 0.25) is 0 Å². The third-order valence-corrected chi connectivity index (χ3v) is 4.37. The largest absolute Gasteiger partial charge is 0.207 e. The van der Waals surface area contributed by atoms with Gasteiger partial charge in [0, 0.05) is 8.40 Å². The number of alkyl halides is 1. The Labute approximate surface area is 123 Å². The van der Waals surface area contributed by atoms with Crippen LogP contribution in [-0.2, 0) is 6.42 Å². The molecule has 0 heterocycles. The molecule has 3 heteroatoms. The van der Waals surface area contributed by atoms with Gasteiger partial charge in [0.25, 0.3) is 0 Å². The van der Waals surface area contributed by atoms with E-state index in [0.717, 1.165) is 12.0 Å². The summed E-state index contributed by atoms with van der Waals surface area (Å²) in [5, 5.41) is 0. The van der Waals surface area contributed by atoms with E-state index in [0.29, 0.717) is 0 Å². The molecule has 0 fully saturated rings. The fourth-order valence-electron chi connectivity index (χ4n) is 1.67. The lowest BCUT2D eigenvalue weighted by Crippen LogP contribution is -1.97. The van der Waals surface area contributed by atoms with E-state index in [1.54, 1.807) is 0 Å². The molecule has 88 valence electrons. The summed E-state index contributed by atoms with van der Waals surface area (Å²) in [6.45, 7) is 0. The van der Waals surface area contributed by atoms with Crippen LogP contribution in [0.2, 0.25) is 0 Å². The first-order chi connectivity index (χ1) is 8.16. The maximum absolute atomic E-state index is 12.8. The van der Waals surface area contributed by atoms with Gasteiger partial charge in [-0.3, -0.25) is 0 Å². The van der Waals surface area contributed by atoms with Gasteiger partial charge < -0.3 is 0 Å². The predicted octanol–water partition coefficient (Wildman–Crippen LogP) is 5.11. The molecule has 0 amide bonds. The molecule has 1 unspecified atom stereocenters. The summed E-state index contributed by atoms with van der Waals surface area (Å²) in [6.07, 6.45) is 0.861. The summed E-state index contributed by atoms with van der Waals surface area (Å²) in [6, 6.07) is 15.0. The zero-order chi connectivity index (χ0) is 12.3. The van der Waals surface area contributed by atoms with Crippen LogP contribution < -0.4 is 0 Å². The van der Waals surface area contributed by atoms with Crippen molar-refractivity contribution in [3.05, 3.63) is 69.0 Å². The summed E-state index contributed by atoms with van der Waals surface area (Å²) < 4.78 is 14.0. The van der Waals surface area contributed by atoms with E-state index in [-0.39, 0.29) is 10.6 Å². The van der Waals surface area contributed by atoms with Gasteiger partial charge in [-0.2, -0.15) is 0 Å². The molecule has 0 nitrogen and oxygen atoms in total. The molecule has 0 radical (unpaired) electrons. The van der Waals surface area contributed by atoms with Gasteiger partial charge in [-0.05, 0) is 58.3 Å². The van der Waals surface area contributed by atoms with Crippen LogP contribution in [0.1, 0.15) is 16.0 Å². The predicted molar refractivity (Wildman–Crippen MR) is 80.9 cm³/mol. The lowest BCUT2D eigenvalue weighted by molar-refractivity contribution is 0.627. The summed E-state index contributed by atoms with van der Waals surface area (Å²) in [5.41, 5.74) is 2.41. The van der Waals surface area contributed by atoms with Crippen LogP contribution in [0.5, 0.6) is 0 Å². The average Bonchev–Trinajstić information content (AvgIpc) is 2.32.